The van der Waals surface area contributed by atoms with Crippen LogP contribution in [0.3, 0.4) is 0 Å². The number of anilines is 2. The Morgan fingerprint density at radius 1 is 1.35 bits per heavy atom. The molecule has 0 amide bonds. The molecule has 0 aliphatic heterocycles. The maximum absolute atomic E-state index is 9.09. The van der Waals surface area contributed by atoms with E-state index in [2.05, 4.69) is 32.3 Å². The van der Waals surface area contributed by atoms with E-state index < -0.39 is 0 Å². The first-order valence-corrected chi connectivity index (χ1v) is 5.88. The third-order valence-electron chi connectivity index (χ3n) is 2.36. The molecule has 4 heteroatoms. The molecule has 0 saturated carbocycles. The van der Waals surface area contributed by atoms with Gasteiger partial charge in [-0.2, -0.15) is 5.26 Å². The van der Waals surface area contributed by atoms with Crippen LogP contribution in [0.1, 0.15) is 11.1 Å². The summed E-state index contributed by atoms with van der Waals surface area (Å²) < 4.78 is 0.980. The molecule has 0 bridgehead atoms. The highest BCUT2D eigenvalue weighted by molar-refractivity contribution is 9.10. The Hall–Kier alpha value is -1.86. The molecule has 84 valence electrons. The summed E-state index contributed by atoms with van der Waals surface area (Å²) in [5.74, 6) is 0.589. The van der Waals surface area contributed by atoms with Crippen molar-refractivity contribution in [3.63, 3.8) is 0 Å². The summed E-state index contributed by atoms with van der Waals surface area (Å²) >= 11 is 3.40. The minimum Gasteiger partial charge on any atom is -0.339 e. The van der Waals surface area contributed by atoms with Crippen LogP contribution in [0.15, 0.2) is 41.0 Å². The van der Waals surface area contributed by atoms with Crippen LogP contribution < -0.4 is 5.32 Å². The van der Waals surface area contributed by atoms with Crippen molar-refractivity contribution in [3.05, 3.63) is 52.1 Å². The van der Waals surface area contributed by atoms with Crippen molar-refractivity contribution in [1.29, 1.82) is 5.26 Å². The summed E-state index contributed by atoms with van der Waals surface area (Å²) in [5, 5.41) is 12.2. The molecule has 1 heterocycles. The zero-order valence-electron chi connectivity index (χ0n) is 9.24. The number of rotatable bonds is 2. The van der Waals surface area contributed by atoms with Crippen LogP contribution in [0.4, 0.5) is 11.5 Å². The first-order valence-electron chi connectivity index (χ1n) is 5.09. The quantitative estimate of drug-likeness (QED) is 0.915. The summed E-state index contributed by atoms with van der Waals surface area (Å²) in [4.78, 5) is 4.19. The Balaban J connectivity index is 2.37. The number of nitrogens with one attached hydrogen (secondary N) is 1. The molecule has 0 radical (unpaired) electrons. The van der Waals surface area contributed by atoms with Crippen LogP contribution in [-0.4, -0.2) is 4.98 Å². The van der Waals surface area contributed by atoms with E-state index in [1.165, 1.54) is 0 Å². The lowest BCUT2D eigenvalue weighted by Crippen LogP contribution is -1.98. The molecule has 0 spiro atoms. The number of benzene rings is 1. The Bertz CT molecular complexity index is 587. The van der Waals surface area contributed by atoms with E-state index in [0.717, 1.165) is 15.7 Å². The van der Waals surface area contributed by atoms with E-state index in [-0.39, 0.29) is 0 Å². The van der Waals surface area contributed by atoms with Crippen molar-refractivity contribution in [2.75, 3.05) is 5.32 Å². The van der Waals surface area contributed by atoms with Crippen molar-refractivity contribution in [2.24, 2.45) is 0 Å². The maximum atomic E-state index is 9.09. The van der Waals surface area contributed by atoms with E-state index in [1.54, 1.807) is 6.20 Å². The molecule has 0 saturated heterocycles. The third-order valence-corrected chi connectivity index (χ3v) is 2.85. The smallest absolute Gasteiger partial charge is 0.148 e. The highest BCUT2D eigenvalue weighted by Crippen LogP contribution is 2.22. The van der Waals surface area contributed by atoms with Crippen LogP contribution in [0.5, 0.6) is 0 Å². The average Bonchev–Trinajstić information content (AvgIpc) is 2.29. The molecule has 1 N–H and O–H groups in total. The average molecular weight is 288 g/mol. The lowest BCUT2D eigenvalue weighted by Gasteiger charge is -2.08. The number of nitrogens with zero attached hydrogens (tertiary/aromatic N) is 2. The highest BCUT2D eigenvalue weighted by atomic mass is 79.9. The molecule has 2 aromatic rings. The Morgan fingerprint density at radius 3 is 2.88 bits per heavy atom. The van der Waals surface area contributed by atoms with Crippen molar-refractivity contribution >= 4 is 27.4 Å². The van der Waals surface area contributed by atoms with E-state index in [4.69, 9.17) is 5.26 Å². The first kappa shape index (κ1) is 11.6. The van der Waals surface area contributed by atoms with Gasteiger partial charge in [0.05, 0.1) is 5.56 Å². The summed E-state index contributed by atoms with van der Waals surface area (Å²) in [7, 11) is 0. The lowest BCUT2D eigenvalue weighted by molar-refractivity contribution is 1.24. The van der Waals surface area contributed by atoms with Gasteiger partial charge in [-0.1, -0.05) is 22.0 Å². The number of pyridine rings is 1. The number of halogens is 1. The SMILES string of the molecule is Cc1ccnc(Nc2cccc(Br)c2)c1C#N. The lowest BCUT2D eigenvalue weighted by atomic mass is 10.1. The molecular weight excluding hydrogens is 278 g/mol. The number of aromatic nitrogens is 1. The Kier molecular flexibility index (Phi) is 3.40. The zero-order chi connectivity index (χ0) is 12.3. The zero-order valence-corrected chi connectivity index (χ0v) is 10.8. The van der Waals surface area contributed by atoms with Gasteiger partial charge in [0.2, 0.25) is 0 Å². The molecule has 3 nitrogen and oxygen atoms in total. The molecule has 0 fully saturated rings. The van der Waals surface area contributed by atoms with Crippen molar-refractivity contribution in [2.45, 2.75) is 6.92 Å². The molecule has 0 atom stereocenters. The van der Waals surface area contributed by atoms with Gasteiger partial charge in [0, 0.05) is 16.4 Å². The summed E-state index contributed by atoms with van der Waals surface area (Å²) in [6, 6.07) is 11.7. The van der Waals surface area contributed by atoms with E-state index in [9.17, 15) is 0 Å². The predicted molar refractivity (Wildman–Crippen MR) is 71.1 cm³/mol. The molecule has 0 aliphatic rings. The van der Waals surface area contributed by atoms with Crippen molar-refractivity contribution in [3.8, 4) is 6.07 Å². The highest BCUT2D eigenvalue weighted by Gasteiger charge is 2.06. The van der Waals surface area contributed by atoms with E-state index in [0.29, 0.717) is 11.4 Å². The van der Waals surface area contributed by atoms with Gasteiger partial charge in [-0.25, -0.2) is 4.98 Å². The topological polar surface area (TPSA) is 48.7 Å². The van der Waals surface area contributed by atoms with Crippen LogP contribution in [0, 0.1) is 18.3 Å². The molecule has 1 aromatic heterocycles. The summed E-state index contributed by atoms with van der Waals surface area (Å²) in [6.45, 7) is 1.90. The number of nitriles is 1. The molecule has 2 rings (SSSR count). The number of hydrogen-bond donors (Lipinski definition) is 1. The molecule has 0 unspecified atom stereocenters. The Morgan fingerprint density at radius 2 is 2.18 bits per heavy atom. The fourth-order valence-corrected chi connectivity index (χ4v) is 1.90. The van der Waals surface area contributed by atoms with Gasteiger partial charge >= 0.3 is 0 Å². The summed E-state index contributed by atoms with van der Waals surface area (Å²) in [5.41, 5.74) is 2.39. The minimum absolute atomic E-state index is 0.576. The van der Waals surface area contributed by atoms with Crippen molar-refractivity contribution in [1.82, 2.24) is 4.98 Å². The van der Waals surface area contributed by atoms with Crippen molar-refractivity contribution < 1.29 is 0 Å². The second kappa shape index (κ2) is 4.98. The molecule has 0 aliphatic carbocycles. The van der Waals surface area contributed by atoms with Gasteiger partial charge in [-0.3, -0.25) is 0 Å². The number of aryl methyl sites for hydroxylation is 1. The summed E-state index contributed by atoms with van der Waals surface area (Å²) in [6.07, 6.45) is 1.69. The van der Waals surface area contributed by atoms with E-state index >= 15 is 0 Å². The Labute approximate surface area is 108 Å². The molecule has 17 heavy (non-hydrogen) atoms. The molecule has 1 aromatic carbocycles. The number of hydrogen-bond acceptors (Lipinski definition) is 3. The van der Waals surface area contributed by atoms with Gasteiger partial charge in [-0.15, -0.1) is 0 Å². The van der Waals surface area contributed by atoms with Gasteiger partial charge in [-0.05, 0) is 36.8 Å². The fraction of sp³-hybridized carbons (Fsp3) is 0.0769. The molecular formula is C13H10BrN3. The third kappa shape index (κ3) is 2.63. The maximum Gasteiger partial charge on any atom is 0.148 e. The monoisotopic (exact) mass is 287 g/mol. The normalized spacial score (nSPS) is 9.71. The first-order chi connectivity index (χ1) is 8.20. The van der Waals surface area contributed by atoms with Gasteiger partial charge in [0.1, 0.15) is 11.9 Å². The van der Waals surface area contributed by atoms with Gasteiger partial charge in [0.15, 0.2) is 0 Å². The second-order valence-corrected chi connectivity index (χ2v) is 4.51. The van der Waals surface area contributed by atoms with E-state index in [1.807, 2.05) is 37.3 Å². The fourth-order valence-electron chi connectivity index (χ4n) is 1.50. The predicted octanol–water partition coefficient (Wildman–Crippen LogP) is 3.77. The minimum atomic E-state index is 0.576. The second-order valence-electron chi connectivity index (χ2n) is 3.60. The van der Waals surface area contributed by atoms with Crippen LogP contribution in [-0.2, 0) is 0 Å². The standard InChI is InChI=1S/C13H10BrN3/c1-9-5-6-16-13(12(9)8-15)17-11-4-2-3-10(14)7-11/h2-7H,1H3,(H,16,17). The van der Waals surface area contributed by atoms with Gasteiger partial charge in [0.25, 0.3) is 0 Å². The van der Waals surface area contributed by atoms with Crippen LogP contribution >= 0.6 is 15.9 Å². The van der Waals surface area contributed by atoms with Crippen LogP contribution in [0.25, 0.3) is 0 Å². The van der Waals surface area contributed by atoms with Gasteiger partial charge < -0.3 is 5.32 Å². The largest absolute Gasteiger partial charge is 0.339 e. The van der Waals surface area contributed by atoms with Crippen LogP contribution in [0.2, 0.25) is 0 Å².